The fourth-order valence-electron chi connectivity index (χ4n) is 6.25. The highest BCUT2D eigenvalue weighted by Crippen LogP contribution is 2.79. The van der Waals surface area contributed by atoms with Gasteiger partial charge in [0.05, 0.1) is 29.2 Å². The highest BCUT2D eigenvalue weighted by atomic mass is 19.1. The normalized spacial score (nSPS) is 31.2. The second-order valence-electron chi connectivity index (χ2n) is 9.74. The summed E-state index contributed by atoms with van der Waals surface area (Å²) in [5.74, 6) is -0.616. The van der Waals surface area contributed by atoms with E-state index in [0.717, 1.165) is 25.2 Å². The van der Waals surface area contributed by atoms with Gasteiger partial charge in [0.1, 0.15) is 5.82 Å². The van der Waals surface area contributed by atoms with Crippen LogP contribution in [0.15, 0.2) is 24.5 Å². The van der Waals surface area contributed by atoms with Gasteiger partial charge in [0.25, 0.3) is 0 Å². The first-order chi connectivity index (χ1) is 14.0. The van der Waals surface area contributed by atoms with Crippen LogP contribution in [-0.2, 0) is 0 Å². The first-order valence-corrected chi connectivity index (χ1v) is 10.1. The van der Waals surface area contributed by atoms with Crippen LogP contribution in [0.5, 0.6) is 0 Å². The Morgan fingerprint density at radius 1 is 1.30 bits per heavy atom. The van der Waals surface area contributed by atoms with E-state index in [2.05, 4.69) is 22.2 Å². The number of urea groups is 1. The second-order valence-corrected chi connectivity index (χ2v) is 9.74. The summed E-state index contributed by atoms with van der Waals surface area (Å²) < 4.78 is 27.8. The maximum Gasteiger partial charge on any atom is 0.322 e. The molecule has 3 aliphatic rings. The zero-order valence-electron chi connectivity index (χ0n) is 17.3. The minimum absolute atomic E-state index is 0.00396. The fourth-order valence-corrected chi connectivity index (χ4v) is 6.25. The van der Waals surface area contributed by atoms with Crippen molar-refractivity contribution in [1.82, 2.24) is 14.9 Å². The number of piperidine rings is 3. The number of halogens is 2. The number of anilines is 1. The number of hydrogen-bond donors (Lipinski definition) is 2. The average Bonchev–Trinajstić information content (AvgIpc) is 2.63. The number of nitrogens with one attached hydrogen (secondary N) is 1. The summed E-state index contributed by atoms with van der Waals surface area (Å²) in [6, 6.07) is 2.42. The van der Waals surface area contributed by atoms with Crippen molar-refractivity contribution in [2.24, 2.45) is 11.3 Å². The maximum absolute atomic E-state index is 14.7. The molecular formula is C22H24F2N4O2. The van der Waals surface area contributed by atoms with Crippen molar-refractivity contribution in [3.05, 3.63) is 41.7 Å². The molecule has 2 aromatic rings. The number of amides is 2. The number of aryl methyl sites for hydroxylation is 1. The Morgan fingerprint density at radius 3 is 2.53 bits per heavy atom. The number of aliphatic hydroxyl groups is 1. The Hall–Kier alpha value is -2.61. The first kappa shape index (κ1) is 19.4. The quantitative estimate of drug-likeness (QED) is 0.799. The van der Waals surface area contributed by atoms with Crippen LogP contribution in [0.2, 0.25) is 0 Å². The van der Waals surface area contributed by atoms with Crippen LogP contribution in [0.3, 0.4) is 0 Å². The smallest absolute Gasteiger partial charge is 0.322 e. The number of aromatic nitrogens is 2. The third-order valence-electron chi connectivity index (χ3n) is 7.46. The van der Waals surface area contributed by atoms with Gasteiger partial charge in [0.2, 0.25) is 0 Å². The number of benzene rings is 1. The zero-order valence-corrected chi connectivity index (χ0v) is 17.3. The summed E-state index contributed by atoms with van der Waals surface area (Å²) in [6.07, 6.45) is 3.72. The molecule has 2 amide bonds. The Morgan fingerprint density at radius 2 is 1.97 bits per heavy atom. The Labute approximate surface area is 173 Å². The predicted octanol–water partition coefficient (Wildman–Crippen LogP) is 3.89. The Bertz CT molecular complexity index is 1070. The molecule has 3 fully saturated rings. The van der Waals surface area contributed by atoms with Crippen LogP contribution in [0.25, 0.3) is 11.4 Å². The van der Waals surface area contributed by atoms with E-state index in [0.29, 0.717) is 11.1 Å². The second kappa shape index (κ2) is 5.75. The van der Waals surface area contributed by atoms with Crippen molar-refractivity contribution >= 4 is 11.7 Å². The van der Waals surface area contributed by atoms with E-state index in [1.165, 1.54) is 12.1 Å². The largest absolute Gasteiger partial charge is 0.388 e. The van der Waals surface area contributed by atoms with Gasteiger partial charge in [0, 0.05) is 17.5 Å². The SMILES string of the molecule is Cc1cc(F)c(NC(=O)N2C3C[C@@]4(C)CC2(C(C)(C)O)[C@@H]34)cc1-c1ncc(F)cn1. The molecule has 2 heterocycles. The van der Waals surface area contributed by atoms with Crippen molar-refractivity contribution in [3.63, 3.8) is 0 Å². The molecular weight excluding hydrogens is 390 g/mol. The third-order valence-corrected chi connectivity index (χ3v) is 7.46. The van der Waals surface area contributed by atoms with E-state index in [1.807, 2.05) is 0 Å². The fraction of sp³-hybridized carbons (Fsp3) is 0.500. The number of hydrogen-bond acceptors (Lipinski definition) is 4. The molecule has 30 heavy (non-hydrogen) atoms. The van der Waals surface area contributed by atoms with E-state index in [-0.39, 0.29) is 28.9 Å². The van der Waals surface area contributed by atoms with Gasteiger partial charge in [-0.25, -0.2) is 23.5 Å². The summed E-state index contributed by atoms with van der Waals surface area (Å²) in [7, 11) is 0. The van der Waals surface area contributed by atoms with Crippen molar-refractivity contribution in [1.29, 1.82) is 0 Å². The maximum atomic E-state index is 14.7. The molecule has 4 atom stereocenters. The molecule has 2 unspecified atom stereocenters. The Kier molecular flexibility index (Phi) is 3.71. The van der Waals surface area contributed by atoms with Gasteiger partial charge in [-0.15, -0.1) is 0 Å². The predicted molar refractivity (Wildman–Crippen MR) is 107 cm³/mol. The first-order valence-electron chi connectivity index (χ1n) is 10.1. The monoisotopic (exact) mass is 414 g/mol. The summed E-state index contributed by atoms with van der Waals surface area (Å²) >= 11 is 0. The van der Waals surface area contributed by atoms with E-state index < -0.39 is 28.8 Å². The van der Waals surface area contributed by atoms with Gasteiger partial charge in [-0.1, -0.05) is 6.92 Å². The van der Waals surface area contributed by atoms with Crippen LogP contribution in [0, 0.1) is 29.9 Å². The molecule has 6 nitrogen and oxygen atoms in total. The summed E-state index contributed by atoms with van der Waals surface area (Å²) in [4.78, 5) is 22.8. The van der Waals surface area contributed by atoms with Gasteiger partial charge in [-0.3, -0.25) is 0 Å². The third kappa shape index (κ3) is 2.28. The summed E-state index contributed by atoms with van der Waals surface area (Å²) in [5.41, 5.74) is -0.398. The van der Waals surface area contributed by atoms with Crippen LogP contribution in [-0.4, -0.2) is 43.2 Å². The molecule has 2 saturated carbocycles. The lowest BCUT2D eigenvalue weighted by Crippen LogP contribution is -2.97. The van der Waals surface area contributed by atoms with Crippen molar-refractivity contribution in [2.45, 2.75) is 57.7 Å². The number of nitrogens with zero attached hydrogens (tertiary/aromatic N) is 3. The molecule has 0 radical (unpaired) electrons. The lowest BCUT2D eigenvalue weighted by atomic mass is 9.29. The highest BCUT2D eigenvalue weighted by Gasteiger charge is 2.86. The lowest BCUT2D eigenvalue weighted by Gasteiger charge is -2.87. The topological polar surface area (TPSA) is 78.4 Å². The molecule has 1 saturated heterocycles. The average molecular weight is 414 g/mol. The van der Waals surface area contributed by atoms with Gasteiger partial charge in [-0.05, 0) is 56.7 Å². The van der Waals surface area contributed by atoms with E-state index in [4.69, 9.17) is 0 Å². The zero-order chi connectivity index (χ0) is 21.6. The molecule has 8 heteroatoms. The van der Waals surface area contributed by atoms with Crippen molar-refractivity contribution < 1.29 is 18.7 Å². The number of likely N-dealkylation sites (tertiary alicyclic amines) is 1. The Balaban J connectivity index is 1.44. The lowest BCUT2D eigenvalue weighted by molar-refractivity contribution is -0.379. The molecule has 1 aromatic heterocycles. The van der Waals surface area contributed by atoms with Crippen LogP contribution in [0.4, 0.5) is 19.3 Å². The van der Waals surface area contributed by atoms with Crippen molar-refractivity contribution in [3.8, 4) is 11.4 Å². The molecule has 2 N–H and O–H groups in total. The molecule has 5 rings (SSSR count). The molecule has 2 aliphatic carbocycles. The highest BCUT2D eigenvalue weighted by molar-refractivity contribution is 5.93. The van der Waals surface area contributed by atoms with Gasteiger partial charge in [-0.2, -0.15) is 0 Å². The van der Waals surface area contributed by atoms with E-state index >= 15 is 0 Å². The van der Waals surface area contributed by atoms with Gasteiger partial charge < -0.3 is 15.3 Å². The van der Waals surface area contributed by atoms with Gasteiger partial charge >= 0.3 is 6.03 Å². The molecule has 0 spiro atoms. The molecule has 158 valence electrons. The molecule has 1 aliphatic heterocycles. The van der Waals surface area contributed by atoms with Crippen LogP contribution in [0.1, 0.15) is 39.2 Å². The molecule has 1 aromatic carbocycles. The summed E-state index contributed by atoms with van der Waals surface area (Å²) in [5, 5.41) is 13.5. The molecule has 0 bridgehead atoms. The number of rotatable bonds is 3. The number of carbonyl (C=O) groups is 1. The standard InChI is InChI=1S/C22H24F2N4O2/c1-11-5-14(24)15(6-13(11)18-25-8-12(23)9-26-18)27-19(29)28-16-7-21(4)10-22(28,17(16)21)20(2,3)30/h5-6,8-9,16-17,30H,7,10H2,1-4H3,(H,27,29)/t16?,17-,21-,22?/m0/s1. The van der Waals surface area contributed by atoms with Gasteiger partial charge in [0.15, 0.2) is 11.6 Å². The minimum Gasteiger partial charge on any atom is -0.388 e. The number of carbonyl (C=O) groups excluding carboxylic acids is 1. The van der Waals surface area contributed by atoms with E-state index in [9.17, 15) is 18.7 Å². The minimum atomic E-state index is -1.05. The van der Waals surface area contributed by atoms with E-state index in [1.54, 1.807) is 25.7 Å². The van der Waals surface area contributed by atoms with Crippen molar-refractivity contribution in [2.75, 3.05) is 5.32 Å². The summed E-state index contributed by atoms with van der Waals surface area (Å²) in [6.45, 7) is 7.36. The van der Waals surface area contributed by atoms with Crippen LogP contribution >= 0.6 is 0 Å². The van der Waals surface area contributed by atoms with Crippen LogP contribution < -0.4 is 5.32 Å².